The molecule has 0 saturated carbocycles. The van der Waals surface area contributed by atoms with Crippen molar-refractivity contribution in [2.45, 2.75) is 26.3 Å². The summed E-state index contributed by atoms with van der Waals surface area (Å²) in [6.07, 6.45) is 0.747. The SMILES string of the molecule is CC(C)n1c(Cc2ccccc2N)nc2cc(Br)ccc21. The lowest BCUT2D eigenvalue weighted by Crippen LogP contribution is -2.07. The van der Waals surface area contributed by atoms with Crippen LogP contribution in [0.1, 0.15) is 31.3 Å². The minimum absolute atomic E-state index is 0.358. The van der Waals surface area contributed by atoms with Crippen LogP contribution in [-0.4, -0.2) is 9.55 Å². The smallest absolute Gasteiger partial charge is 0.114 e. The minimum atomic E-state index is 0.358. The van der Waals surface area contributed by atoms with Gasteiger partial charge >= 0.3 is 0 Å². The van der Waals surface area contributed by atoms with Crippen LogP contribution in [0.25, 0.3) is 11.0 Å². The number of benzene rings is 2. The van der Waals surface area contributed by atoms with E-state index in [1.165, 1.54) is 0 Å². The molecule has 2 N–H and O–H groups in total. The summed E-state index contributed by atoms with van der Waals surface area (Å²) in [6, 6.07) is 14.6. The Morgan fingerprint density at radius 3 is 2.67 bits per heavy atom. The Bertz CT molecular complexity index is 790. The standard InChI is InChI=1S/C17H18BrN3/c1-11(2)21-16-8-7-13(18)10-15(16)20-17(21)9-12-5-3-4-6-14(12)19/h3-8,10-11H,9,19H2,1-2H3. The van der Waals surface area contributed by atoms with Crippen LogP contribution < -0.4 is 5.73 Å². The lowest BCUT2D eigenvalue weighted by atomic mass is 10.1. The average molecular weight is 344 g/mol. The molecule has 0 aliphatic carbocycles. The molecule has 1 aromatic heterocycles. The Balaban J connectivity index is 2.13. The van der Waals surface area contributed by atoms with E-state index in [9.17, 15) is 0 Å². The molecular formula is C17H18BrN3. The number of imidazole rings is 1. The number of para-hydroxylation sites is 1. The highest BCUT2D eigenvalue weighted by Gasteiger charge is 2.14. The summed E-state index contributed by atoms with van der Waals surface area (Å²) in [7, 11) is 0. The van der Waals surface area contributed by atoms with E-state index in [0.717, 1.165) is 39.0 Å². The van der Waals surface area contributed by atoms with Gasteiger partial charge in [0.05, 0.1) is 11.0 Å². The predicted octanol–water partition coefficient (Wildman–Crippen LogP) is 4.55. The third kappa shape index (κ3) is 2.68. The van der Waals surface area contributed by atoms with Crippen LogP contribution in [0.5, 0.6) is 0 Å². The largest absolute Gasteiger partial charge is 0.398 e. The van der Waals surface area contributed by atoms with Crippen LogP contribution in [0.3, 0.4) is 0 Å². The van der Waals surface area contributed by atoms with Crippen molar-refractivity contribution < 1.29 is 0 Å². The van der Waals surface area contributed by atoms with Gasteiger partial charge in [-0.25, -0.2) is 4.98 Å². The van der Waals surface area contributed by atoms with Crippen molar-refractivity contribution in [1.29, 1.82) is 0 Å². The molecule has 0 aliphatic heterocycles. The Kier molecular flexibility index (Phi) is 3.72. The second-order valence-electron chi connectivity index (χ2n) is 5.50. The van der Waals surface area contributed by atoms with Gasteiger partial charge in [0.15, 0.2) is 0 Å². The third-order valence-corrected chi connectivity index (χ3v) is 4.14. The van der Waals surface area contributed by atoms with Gasteiger partial charge in [-0.05, 0) is 43.7 Å². The molecule has 0 atom stereocenters. The Morgan fingerprint density at radius 2 is 1.95 bits per heavy atom. The normalized spacial score (nSPS) is 11.4. The fourth-order valence-corrected chi connectivity index (χ4v) is 3.04. The van der Waals surface area contributed by atoms with Crippen LogP contribution in [0.15, 0.2) is 46.9 Å². The maximum Gasteiger partial charge on any atom is 0.114 e. The quantitative estimate of drug-likeness (QED) is 0.708. The number of aromatic nitrogens is 2. The van der Waals surface area contributed by atoms with Crippen molar-refractivity contribution in [2.24, 2.45) is 0 Å². The molecule has 1 heterocycles. The molecule has 3 rings (SSSR count). The molecule has 0 aliphatic rings. The monoisotopic (exact) mass is 343 g/mol. The molecule has 3 nitrogen and oxygen atoms in total. The number of nitrogens with two attached hydrogens (primary N) is 1. The molecule has 4 heteroatoms. The van der Waals surface area contributed by atoms with Gasteiger partial charge in [-0.2, -0.15) is 0 Å². The van der Waals surface area contributed by atoms with Gasteiger partial charge in [0, 0.05) is 22.6 Å². The highest BCUT2D eigenvalue weighted by atomic mass is 79.9. The molecule has 3 aromatic rings. The zero-order chi connectivity index (χ0) is 15.0. The van der Waals surface area contributed by atoms with Crippen LogP contribution in [0, 0.1) is 0 Å². The van der Waals surface area contributed by atoms with Crippen molar-refractivity contribution in [3.05, 3.63) is 58.3 Å². The fraction of sp³-hybridized carbons (Fsp3) is 0.235. The van der Waals surface area contributed by atoms with Crippen LogP contribution in [0.4, 0.5) is 5.69 Å². The van der Waals surface area contributed by atoms with Gasteiger partial charge < -0.3 is 10.3 Å². The highest BCUT2D eigenvalue weighted by molar-refractivity contribution is 9.10. The molecule has 0 unspecified atom stereocenters. The lowest BCUT2D eigenvalue weighted by Gasteiger charge is -2.13. The minimum Gasteiger partial charge on any atom is -0.398 e. The number of anilines is 1. The van der Waals surface area contributed by atoms with Crippen molar-refractivity contribution in [1.82, 2.24) is 9.55 Å². The van der Waals surface area contributed by atoms with Gasteiger partial charge in [-0.3, -0.25) is 0 Å². The first-order chi connectivity index (χ1) is 10.1. The van der Waals surface area contributed by atoms with Crippen molar-refractivity contribution in [3.63, 3.8) is 0 Å². The van der Waals surface area contributed by atoms with Gasteiger partial charge in [0.1, 0.15) is 5.82 Å². The molecule has 0 spiro atoms. The first kappa shape index (κ1) is 14.1. The number of rotatable bonds is 3. The maximum absolute atomic E-state index is 6.07. The van der Waals surface area contributed by atoms with Crippen molar-refractivity contribution in [3.8, 4) is 0 Å². The molecule has 21 heavy (non-hydrogen) atoms. The van der Waals surface area contributed by atoms with Crippen molar-refractivity contribution in [2.75, 3.05) is 5.73 Å². The number of hydrogen-bond acceptors (Lipinski definition) is 2. The summed E-state index contributed by atoms with van der Waals surface area (Å²) in [5.41, 5.74) is 10.2. The molecule has 0 fully saturated rings. The van der Waals surface area contributed by atoms with E-state index in [1.54, 1.807) is 0 Å². The molecule has 2 aromatic carbocycles. The molecule has 0 saturated heterocycles. The molecular weight excluding hydrogens is 326 g/mol. The first-order valence-electron chi connectivity index (χ1n) is 7.06. The van der Waals surface area contributed by atoms with Crippen LogP contribution in [-0.2, 0) is 6.42 Å². The maximum atomic E-state index is 6.07. The van der Waals surface area contributed by atoms with E-state index in [0.29, 0.717) is 6.04 Å². The van der Waals surface area contributed by atoms with Gasteiger partial charge in [0.2, 0.25) is 0 Å². The number of hydrogen-bond donors (Lipinski definition) is 1. The van der Waals surface area contributed by atoms with Gasteiger partial charge in [-0.15, -0.1) is 0 Å². The number of nitrogen functional groups attached to an aromatic ring is 1. The van der Waals surface area contributed by atoms with Gasteiger partial charge in [0.25, 0.3) is 0 Å². The van der Waals surface area contributed by atoms with E-state index in [2.05, 4.69) is 58.6 Å². The molecule has 0 amide bonds. The Morgan fingerprint density at radius 1 is 1.19 bits per heavy atom. The molecule has 0 radical (unpaired) electrons. The summed E-state index contributed by atoms with van der Waals surface area (Å²) in [6.45, 7) is 4.36. The molecule has 108 valence electrons. The number of fused-ring (bicyclic) bond motifs is 1. The lowest BCUT2D eigenvalue weighted by molar-refractivity contribution is 0.591. The second-order valence-corrected chi connectivity index (χ2v) is 6.42. The number of halogens is 1. The first-order valence-corrected chi connectivity index (χ1v) is 7.85. The van der Waals surface area contributed by atoms with Gasteiger partial charge in [-0.1, -0.05) is 34.1 Å². The van der Waals surface area contributed by atoms with E-state index in [-0.39, 0.29) is 0 Å². The van der Waals surface area contributed by atoms with Crippen LogP contribution in [0.2, 0.25) is 0 Å². The zero-order valence-corrected chi connectivity index (χ0v) is 13.8. The van der Waals surface area contributed by atoms with E-state index < -0.39 is 0 Å². The summed E-state index contributed by atoms with van der Waals surface area (Å²) in [5, 5.41) is 0. The summed E-state index contributed by atoms with van der Waals surface area (Å²) in [5.74, 6) is 1.05. The van der Waals surface area contributed by atoms with E-state index in [4.69, 9.17) is 10.7 Å². The average Bonchev–Trinajstić information content (AvgIpc) is 2.78. The number of nitrogens with zero attached hydrogens (tertiary/aromatic N) is 2. The second kappa shape index (κ2) is 5.53. The van der Waals surface area contributed by atoms with Crippen molar-refractivity contribution >= 4 is 32.7 Å². The fourth-order valence-electron chi connectivity index (χ4n) is 2.69. The van der Waals surface area contributed by atoms with E-state index >= 15 is 0 Å². The topological polar surface area (TPSA) is 43.8 Å². The summed E-state index contributed by atoms with van der Waals surface area (Å²) in [4.78, 5) is 4.81. The predicted molar refractivity (Wildman–Crippen MR) is 91.5 cm³/mol. The zero-order valence-electron chi connectivity index (χ0n) is 12.2. The Labute approximate surface area is 132 Å². The third-order valence-electron chi connectivity index (χ3n) is 3.64. The Hall–Kier alpha value is -1.81. The van der Waals surface area contributed by atoms with E-state index in [1.807, 2.05) is 18.2 Å². The molecule has 0 bridgehead atoms. The summed E-state index contributed by atoms with van der Waals surface area (Å²) >= 11 is 3.51. The highest BCUT2D eigenvalue weighted by Crippen LogP contribution is 2.26. The summed E-state index contributed by atoms with van der Waals surface area (Å²) < 4.78 is 3.34. The van der Waals surface area contributed by atoms with Crippen LogP contribution >= 0.6 is 15.9 Å².